The Balaban J connectivity index is 0.000000251. The highest BCUT2D eigenvalue weighted by molar-refractivity contribution is 6.04. The summed E-state index contributed by atoms with van der Waals surface area (Å²) in [5.41, 5.74) is 22.9. The lowest BCUT2D eigenvalue weighted by molar-refractivity contribution is -0.437. The largest absolute Gasteiger partial charge is 1.00 e. The van der Waals surface area contributed by atoms with Crippen molar-refractivity contribution in [2.75, 3.05) is 62.8 Å². The first-order chi connectivity index (χ1) is 42.3. The Morgan fingerprint density at radius 1 is 0.556 bits per heavy atom. The zero-order valence-electron chi connectivity index (χ0n) is 57.0. The van der Waals surface area contributed by atoms with E-state index in [1.54, 1.807) is 11.8 Å². The van der Waals surface area contributed by atoms with E-state index in [0.717, 1.165) is 109 Å². The van der Waals surface area contributed by atoms with Crippen molar-refractivity contribution in [3.63, 3.8) is 0 Å². The average Bonchev–Trinajstić information content (AvgIpc) is 1.65. The molecule has 4 aromatic carbocycles. The maximum absolute atomic E-state index is 11.9. The number of benzene rings is 4. The highest BCUT2D eigenvalue weighted by Gasteiger charge is 2.46. The number of ether oxygens (including phenoxy) is 1. The third kappa shape index (κ3) is 14.8. The van der Waals surface area contributed by atoms with Crippen LogP contribution in [-0.2, 0) is 31.2 Å². The summed E-state index contributed by atoms with van der Waals surface area (Å²) in [6, 6.07) is 35.5. The Hall–Kier alpha value is -5.57. The zero-order chi connectivity index (χ0) is 63.0. The predicted molar refractivity (Wildman–Crippen MR) is 371 cm³/mol. The van der Waals surface area contributed by atoms with Crippen LogP contribution < -0.4 is 57.8 Å². The molecule has 4 aromatic rings. The molecule has 0 aromatic heterocycles. The molecule has 0 spiro atoms. The molecule has 4 heterocycles. The van der Waals surface area contributed by atoms with E-state index in [9.17, 15) is 9.90 Å². The van der Waals surface area contributed by atoms with E-state index in [1.165, 1.54) is 95.7 Å². The summed E-state index contributed by atoms with van der Waals surface area (Å²) >= 11 is 0. The summed E-state index contributed by atoms with van der Waals surface area (Å²) in [5.74, 6) is 1.03. The van der Waals surface area contributed by atoms with Crippen LogP contribution >= 0.6 is 0 Å². The fourth-order valence-electron chi connectivity index (χ4n) is 14.9. The molecule has 0 bridgehead atoms. The Bertz CT molecular complexity index is 3560. The number of para-hydroxylation sites is 4. The topological polar surface area (TPSA) is 62.3 Å². The average molecular weight is 1440 g/mol. The van der Waals surface area contributed by atoms with E-state index < -0.39 is 0 Å². The van der Waals surface area contributed by atoms with E-state index in [1.807, 2.05) is 7.05 Å². The lowest BCUT2D eigenvalue weighted by atomic mass is 9.80. The van der Waals surface area contributed by atoms with Gasteiger partial charge in [0.05, 0.1) is 17.4 Å². The van der Waals surface area contributed by atoms with Gasteiger partial charge >= 0.3 is 0 Å². The molecule has 0 radical (unpaired) electrons. The van der Waals surface area contributed by atoms with Gasteiger partial charge in [0.25, 0.3) is 0 Å². The SMILES string of the molecule is CCCN1/C(=C/C=C2\CCCC(/C=C/C3=[N+](CCC)c4ccccc4C3(C)C)=C2CCCO)C(C)(C)c2ccccc21.CCCN1/C(=C/C=C2\CCCC(/C=C/C3=[N+](CCC)c4ccccc4C3(C)C)=C2OCCN(C)C(C)=O)C(C)(C)c2ccccc21.[I-].[I-]. The summed E-state index contributed by atoms with van der Waals surface area (Å²) in [6.45, 7) is 34.7. The third-order valence-corrected chi connectivity index (χ3v) is 19.7. The number of amides is 1. The van der Waals surface area contributed by atoms with Crippen LogP contribution in [0.5, 0.6) is 0 Å². The second-order valence-corrected chi connectivity index (χ2v) is 27.3. The maximum atomic E-state index is 11.9. The zero-order valence-corrected chi connectivity index (χ0v) is 61.4. The van der Waals surface area contributed by atoms with E-state index >= 15 is 0 Å². The molecule has 4 aliphatic heterocycles. The van der Waals surface area contributed by atoms with Crippen molar-refractivity contribution in [3.8, 4) is 0 Å². The van der Waals surface area contributed by atoms with Crippen LogP contribution in [0.1, 0.15) is 189 Å². The van der Waals surface area contributed by atoms with Gasteiger partial charge in [-0.2, -0.15) is 9.15 Å². The van der Waals surface area contributed by atoms with Gasteiger partial charge in [0.2, 0.25) is 17.3 Å². The first-order valence-corrected chi connectivity index (χ1v) is 33.6. The van der Waals surface area contributed by atoms with Crippen molar-refractivity contribution in [2.24, 2.45) is 0 Å². The van der Waals surface area contributed by atoms with Crippen LogP contribution in [-0.4, -0.2) is 89.5 Å². The summed E-state index contributed by atoms with van der Waals surface area (Å²) in [7, 11) is 1.84. The van der Waals surface area contributed by atoms with Crippen molar-refractivity contribution >= 4 is 40.1 Å². The molecule has 6 aliphatic rings. The summed E-state index contributed by atoms with van der Waals surface area (Å²) in [4.78, 5) is 18.7. The van der Waals surface area contributed by atoms with Gasteiger partial charge in [0, 0.05) is 116 Å². The van der Waals surface area contributed by atoms with Gasteiger partial charge in [-0.05, 0) is 161 Å². The normalized spacial score (nSPS) is 20.3. The molecule has 10 heteroatoms. The number of fused-ring (bicyclic) bond motifs is 4. The minimum Gasteiger partial charge on any atom is -1.00 e. The van der Waals surface area contributed by atoms with E-state index in [4.69, 9.17) is 4.74 Å². The molecule has 90 heavy (non-hydrogen) atoms. The molecule has 0 unspecified atom stereocenters. The lowest BCUT2D eigenvalue weighted by Gasteiger charge is -2.27. The molecule has 2 aliphatic carbocycles. The molecule has 0 saturated carbocycles. The molecule has 0 atom stereocenters. The van der Waals surface area contributed by atoms with Crippen LogP contribution in [0.2, 0.25) is 0 Å². The quantitative estimate of drug-likeness (QED) is 0.0665. The van der Waals surface area contributed by atoms with Crippen molar-refractivity contribution in [1.82, 2.24) is 4.90 Å². The molecule has 1 amide bonds. The molecule has 1 N–H and O–H groups in total. The van der Waals surface area contributed by atoms with Crippen molar-refractivity contribution in [3.05, 3.63) is 213 Å². The van der Waals surface area contributed by atoms with E-state index in [2.05, 4.69) is 248 Å². The van der Waals surface area contributed by atoms with Gasteiger partial charge < -0.3 is 72.5 Å². The van der Waals surface area contributed by atoms with Gasteiger partial charge in [-0.25, -0.2) is 0 Å². The van der Waals surface area contributed by atoms with Crippen LogP contribution in [0.3, 0.4) is 0 Å². The van der Waals surface area contributed by atoms with Gasteiger partial charge in [-0.1, -0.05) is 146 Å². The number of anilines is 2. The molecule has 8 nitrogen and oxygen atoms in total. The van der Waals surface area contributed by atoms with Crippen molar-refractivity contribution in [2.45, 2.75) is 189 Å². The number of aliphatic hydroxyl groups excluding tert-OH is 1. The number of allylic oxidation sites excluding steroid dienone is 15. The van der Waals surface area contributed by atoms with Crippen LogP contribution in [0.25, 0.3) is 0 Å². The van der Waals surface area contributed by atoms with Crippen LogP contribution in [0, 0.1) is 0 Å². The van der Waals surface area contributed by atoms with Crippen molar-refractivity contribution in [1.29, 1.82) is 0 Å². The second kappa shape index (κ2) is 31.4. The molecular formula is C80H105I2N5O3. The molecular weight excluding hydrogens is 1330 g/mol. The number of rotatable bonds is 21. The number of halogens is 2. The number of carbonyl (C=O) groups is 1. The number of nitrogens with zero attached hydrogens (tertiary/aromatic N) is 5. The fourth-order valence-corrected chi connectivity index (χ4v) is 14.9. The number of hydrogen-bond acceptors (Lipinski definition) is 5. The van der Waals surface area contributed by atoms with Crippen LogP contribution in [0.15, 0.2) is 191 Å². The monoisotopic (exact) mass is 1440 g/mol. The Morgan fingerprint density at radius 3 is 1.46 bits per heavy atom. The Labute approximate surface area is 576 Å². The second-order valence-electron chi connectivity index (χ2n) is 27.3. The number of likely N-dealkylation sites (N-methyl/N-ethyl adjacent to an activating group) is 1. The third-order valence-electron chi connectivity index (χ3n) is 19.7. The first-order valence-electron chi connectivity index (χ1n) is 33.6. The lowest BCUT2D eigenvalue weighted by Crippen LogP contribution is -3.00. The predicted octanol–water partition coefficient (Wildman–Crippen LogP) is 12.3. The van der Waals surface area contributed by atoms with E-state index in [0.29, 0.717) is 13.2 Å². The number of hydrogen-bond donors (Lipinski definition) is 1. The van der Waals surface area contributed by atoms with Crippen molar-refractivity contribution < 1.29 is 71.7 Å². The molecule has 0 saturated heterocycles. The first kappa shape index (κ1) is 71.9. The summed E-state index contributed by atoms with van der Waals surface area (Å²) in [5, 5.41) is 9.81. The fraction of sp³-hybridized carbons (Fsp3) is 0.463. The Morgan fingerprint density at radius 2 is 0.989 bits per heavy atom. The summed E-state index contributed by atoms with van der Waals surface area (Å²) < 4.78 is 11.7. The molecule has 0 fully saturated rings. The highest BCUT2D eigenvalue weighted by atomic mass is 127. The summed E-state index contributed by atoms with van der Waals surface area (Å²) in [6.07, 6.45) is 31.4. The minimum absolute atomic E-state index is 0. The Kier molecular flexibility index (Phi) is 25.0. The maximum Gasteiger partial charge on any atom is 0.219 e. The van der Waals surface area contributed by atoms with Gasteiger partial charge in [0.1, 0.15) is 25.5 Å². The van der Waals surface area contributed by atoms with E-state index in [-0.39, 0.29) is 82.1 Å². The highest BCUT2D eigenvalue weighted by Crippen LogP contribution is 2.50. The smallest absolute Gasteiger partial charge is 0.219 e. The van der Waals surface area contributed by atoms with Gasteiger partial charge in [-0.3, -0.25) is 4.79 Å². The molecule has 482 valence electrons. The molecule has 10 rings (SSSR count). The standard InChI is InChI=1S/C41H54N3O2.C39H51N2O.2HI/c1-9-26-43-35-20-13-11-18-33(35)40(4,5)37(43)24-22-31-16-15-17-32(39(31)46-29-28-42(8)30(3)45)23-25-38-41(6,7)34-19-12-14-21-36(34)44(38)27-10-2;1-7-26-40-34-20-11-9-18-32(34)38(3,4)36(40)24-22-29-15-13-16-30(31(29)17-14-28-42)23-25-37-39(5,6)33-19-10-12-21-35(33)41(37)27-8-2;;/h11-14,18-25H,9-10,15-17,26-29H2,1-8H3;9-12,18-25,42H,7-8,13-17,26-28H2,1-6H3;2*1H/q2*+1;;/p-2. The van der Waals surface area contributed by atoms with Gasteiger partial charge in [0.15, 0.2) is 11.4 Å². The number of aliphatic hydroxyl groups is 1. The van der Waals surface area contributed by atoms with Gasteiger partial charge in [-0.15, -0.1) is 0 Å². The minimum atomic E-state index is -0.0857. The number of carbonyl (C=O) groups excluding carboxylic acids is 1. The van der Waals surface area contributed by atoms with Crippen LogP contribution in [0.4, 0.5) is 22.7 Å².